The fraction of sp³-hybridized carbons (Fsp3) is 0.615. The molecule has 1 heterocycles. The van der Waals surface area contributed by atoms with Crippen molar-refractivity contribution in [2.24, 2.45) is 7.05 Å². The highest BCUT2D eigenvalue weighted by Gasteiger charge is 2.13. The number of nitrogens with one attached hydrogen (secondary N) is 1. The molecule has 0 amide bonds. The topological polar surface area (TPSA) is 29.9 Å². The van der Waals surface area contributed by atoms with E-state index in [1.165, 1.54) is 11.3 Å². The molecule has 0 aromatic carbocycles. The maximum Gasteiger partial charge on any atom is 0.0700 e. The summed E-state index contributed by atoms with van der Waals surface area (Å²) in [5.41, 5.74) is 2.51. The van der Waals surface area contributed by atoms with E-state index in [1.54, 1.807) is 0 Å². The molecule has 0 fully saturated rings. The molecule has 0 spiro atoms. The van der Waals surface area contributed by atoms with Crippen LogP contribution in [0.15, 0.2) is 18.9 Å². The van der Waals surface area contributed by atoms with Gasteiger partial charge >= 0.3 is 0 Å². The minimum absolute atomic E-state index is 0.456. The minimum Gasteiger partial charge on any atom is -0.313 e. The summed E-state index contributed by atoms with van der Waals surface area (Å²) < 4.78 is 1.90. The number of aromatic nitrogens is 2. The van der Waals surface area contributed by atoms with Gasteiger partial charge in [-0.25, -0.2) is 0 Å². The molecule has 0 saturated heterocycles. The second-order valence-corrected chi connectivity index (χ2v) is 4.32. The Kier molecular flexibility index (Phi) is 5.26. The molecule has 3 heteroatoms. The van der Waals surface area contributed by atoms with E-state index >= 15 is 0 Å². The van der Waals surface area contributed by atoms with Crippen molar-refractivity contribution in [3.8, 4) is 0 Å². The third kappa shape index (κ3) is 3.49. The molecule has 16 heavy (non-hydrogen) atoms. The number of rotatable bonds is 7. The van der Waals surface area contributed by atoms with Crippen LogP contribution in [-0.2, 0) is 13.6 Å². The van der Waals surface area contributed by atoms with Crippen molar-refractivity contribution in [1.82, 2.24) is 15.1 Å². The van der Waals surface area contributed by atoms with Crippen LogP contribution in [0.25, 0.3) is 0 Å². The van der Waals surface area contributed by atoms with Crippen LogP contribution in [0.4, 0.5) is 0 Å². The maximum atomic E-state index is 4.54. The van der Waals surface area contributed by atoms with Crippen molar-refractivity contribution in [3.63, 3.8) is 0 Å². The van der Waals surface area contributed by atoms with Crippen LogP contribution in [0.3, 0.4) is 0 Å². The summed E-state index contributed by atoms with van der Waals surface area (Å²) in [6.45, 7) is 10.1. The summed E-state index contributed by atoms with van der Waals surface area (Å²) in [6, 6.07) is 0. The van der Waals surface area contributed by atoms with Gasteiger partial charge in [-0.15, -0.1) is 6.58 Å². The first-order chi connectivity index (χ1) is 7.69. The van der Waals surface area contributed by atoms with Gasteiger partial charge in [-0.3, -0.25) is 4.68 Å². The summed E-state index contributed by atoms with van der Waals surface area (Å²) >= 11 is 0. The fourth-order valence-corrected chi connectivity index (χ4v) is 1.87. The normalized spacial score (nSPS) is 12.7. The molecule has 1 rings (SSSR count). The highest BCUT2D eigenvalue weighted by Crippen LogP contribution is 2.21. The first-order valence-corrected chi connectivity index (χ1v) is 6.03. The lowest BCUT2D eigenvalue weighted by Crippen LogP contribution is -2.15. The predicted molar refractivity (Wildman–Crippen MR) is 68.4 cm³/mol. The molecule has 3 nitrogen and oxygen atoms in total. The van der Waals surface area contributed by atoms with Gasteiger partial charge in [0.05, 0.1) is 5.69 Å². The van der Waals surface area contributed by atoms with Gasteiger partial charge < -0.3 is 5.32 Å². The molecule has 1 atom stereocenters. The van der Waals surface area contributed by atoms with Crippen molar-refractivity contribution in [3.05, 3.63) is 30.1 Å². The van der Waals surface area contributed by atoms with Crippen molar-refractivity contribution >= 4 is 0 Å². The molecule has 0 saturated carbocycles. The number of aryl methyl sites for hydroxylation is 1. The van der Waals surface area contributed by atoms with Gasteiger partial charge in [-0.2, -0.15) is 5.10 Å². The number of hydrogen-bond acceptors (Lipinski definition) is 2. The predicted octanol–water partition coefficient (Wildman–Crippen LogP) is 2.60. The Morgan fingerprint density at radius 1 is 1.62 bits per heavy atom. The summed E-state index contributed by atoms with van der Waals surface area (Å²) in [4.78, 5) is 0. The monoisotopic (exact) mass is 221 g/mol. The quantitative estimate of drug-likeness (QED) is 0.566. The van der Waals surface area contributed by atoms with Gasteiger partial charge in [0.15, 0.2) is 0 Å². The van der Waals surface area contributed by atoms with E-state index in [-0.39, 0.29) is 0 Å². The molecule has 90 valence electrons. The molecule has 0 aliphatic heterocycles. The fourth-order valence-electron chi connectivity index (χ4n) is 1.87. The van der Waals surface area contributed by atoms with Crippen LogP contribution < -0.4 is 5.32 Å². The number of hydrogen-bond donors (Lipinski definition) is 1. The zero-order valence-electron chi connectivity index (χ0n) is 10.7. The highest BCUT2D eigenvalue weighted by atomic mass is 15.3. The third-order valence-electron chi connectivity index (χ3n) is 2.67. The Labute approximate surface area is 98.5 Å². The smallest absolute Gasteiger partial charge is 0.0700 e. The lowest BCUT2D eigenvalue weighted by atomic mass is 10.0. The molecule has 1 unspecified atom stereocenters. The van der Waals surface area contributed by atoms with E-state index in [1.807, 2.05) is 17.8 Å². The Balaban J connectivity index is 2.70. The number of nitrogens with zero attached hydrogens (tertiary/aromatic N) is 2. The Morgan fingerprint density at radius 2 is 2.38 bits per heavy atom. The van der Waals surface area contributed by atoms with Crippen LogP contribution in [0.5, 0.6) is 0 Å². The molecule has 0 aliphatic rings. The lowest BCUT2D eigenvalue weighted by molar-refractivity contribution is 0.655. The molecule has 0 radical (unpaired) electrons. The molecule has 1 aromatic rings. The van der Waals surface area contributed by atoms with Gasteiger partial charge in [0, 0.05) is 31.3 Å². The first-order valence-electron chi connectivity index (χ1n) is 6.03. The van der Waals surface area contributed by atoms with Gasteiger partial charge in [0.25, 0.3) is 0 Å². The second kappa shape index (κ2) is 6.48. The first kappa shape index (κ1) is 13.0. The Morgan fingerprint density at radius 3 is 3.00 bits per heavy atom. The summed E-state index contributed by atoms with van der Waals surface area (Å²) in [5.74, 6) is 0.456. The Bertz CT molecular complexity index is 328. The van der Waals surface area contributed by atoms with Crippen molar-refractivity contribution < 1.29 is 0 Å². The van der Waals surface area contributed by atoms with E-state index in [2.05, 4.69) is 37.0 Å². The molecule has 1 N–H and O–H groups in total. The van der Waals surface area contributed by atoms with Gasteiger partial charge in [-0.05, 0) is 19.4 Å². The van der Waals surface area contributed by atoms with Crippen LogP contribution >= 0.6 is 0 Å². The highest BCUT2D eigenvalue weighted by molar-refractivity contribution is 5.21. The molecular weight excluding hydrogens is 198 g/mol. The van der Waals surface area contributed by atoms with Crippen LogP contribution in [0.2, 0.25) is 0 Å². The van der Waals surface area contributed by atoms with Crippen LogP contribution in [-0.4, -0.2) is 16.3 Å². The van der Waals surface area contributed by atoms with E-state index in [0.29, 0.717) is 5.92 Å². The Hall–Kier alpha value is -1.09. The van der Waals surface area contributed by atoms with Gasteiger partial charge in [0.1, 0.15) is 0 Å². The second-order valence-electron chi connectivity index (χ2n) is 4.32. The average Bonchev–Trinajstić information content (AvgIpc) is 2.61. The summed E-state index contributed by atoms with van der Waals surface area (Å²) in [6.07, 6.45) is 6.22. The lowest BCUT2D eigenvalue weighted by Gasteiger charge is -2.08. The van der Waals surface area contributed by atoms with Crippen LogP contribution in [0, 0.1) is 0 Å². The van der Waals surface area contributed by atoms with Crippen LogP contribution in [0.1, 0.15) is 43.9 Å². The molecule has 0 bridgehead atoms. The van der Waals surface area contributed by atoms with E-state index in [4.69, 9.17) is 0 Å². The van der Waals surface area contributed by atoms with E-state index in [9.17, 15) is 0 Å². The van der Waals surface area contributed by atoms with Gasteiger partial charge in [-0.1, -0.05) is 19.9 Å². The van der Waals surface area contributed by atoms with Crippen molar-refractivity contribution in [1.29, 1.82) is 0 Å². The molecular formula is C13H23N3. The standard InChI is InChI=1S/C13H23N3/c1-5-7-11(3)13-12(9-14-8-6-2)10-16(4)15-13/h5,10-11,14H,1,6-9H2,2-4H3. The SMILES string of the molecule is C=CCC(C)c1nn(C)cc1CNCCC. The van der Waals surface area contributed by atoms with Crippen molar-refractivity contribution in [2.75, 3.05) is 6.54 Å². The minimum atomic E-state index is 0.456. The average molecular weight is 221 g/mol. The summed E-state index contributed by atoms with van der Waals surface area (Å²) in [5, 5.41) is 7.96. The largest absolute Gasteiger partial charge is 0.313 e. The zero-order valence-corrected chi connectivity index (χ0v) is 10.7. The maximum absolute atomic E-state index is 4.54. The van der Waals surface area contributed by atoms with Gasteiger partial charge in [0.2, 0.25) is 0 Å². The molecule has 1 aromatic heterocycles. The third-order valence-corrected chi connectivity index (χ3v) is 2.67. The van der Waals surface area contributed by atoms with E-state index < -0.39 is 0 Å². The zero-order chi connectivity index (χ0) is 12.0. The number of allylic oxidation sites excluding steroid dienone is 1. The summed E-state index contributed by atoms with van der Waals surface area (Å²) in [7, 11) is 1.98. The molecule has 0 aliphatic carbocycles. The van der Waals surface area contributed by atoms with E-state index in [0.717, 1.165) is 25.9 Å². The van der Waals surface area contributed by atoms with Crippen molar-refractivity contribution in [2.45, 2.75) is 39.2 Å².